The van der Waals surface area contributed by atoms with Crippen LogP contribution in [0.4, 0.5) is 0 Å². The van der Waals surface area contributed by atoms with Crippen molar-refractivity contribution in [2.75, 3.05) is 7.05 Å². The lowest BCUT2D eigenvalue weighted by Gasteiger charge is -2.08. The Bertz CT molecular complexity index is 164. The van der Waals surface area contributed by atoms with Gasteiger partial charge in [-0.1, -0.05) is 38.7 Å². The molecule has 0 radical (unpaired) electrons. The Hall–Kier alpha value is -0.980. The summed E-state index contributed by atoms with van der Waals surface area (Å²) >= 11 is 0. The Morgan fingerprint density at radius 1 is 1.36 bits per heavy atom. The van der Waals surface area contributed by atoms with Crippen LogP contribution in [0.25, 0.3) is 0 Å². The van der Waals surface area contributed by atoms with Gasteiger partial charge in [0.05, 0.1) is 0 Å². The number of hydrogen-bond donors (Lipinski definition) is 1. The zero-order chi connectivity index (χ0) is 8.69. The van der Waals surface area contributed by atoms with Crippen LogP contribution < -0.4 is 5.32 Å². The standard InChI is InChI=1S/C10H17N/c1-5-6-7-8-10(11-4)9(2)3/h5-9,11H,1H2,2-4H3/b7-6-,10-8-. The van der Waals surface area contributed by atoms with Gasteiger partial charge in [0, 0.05) is 12.7 Å². The summed E-state index contributed by atoms with van der Waals surface area (Å²) in [6.45, 7) is 7.91. The first kappa shape index (κ1) is 10.0. The third-order valence-corrected chi connectivity index (χ3v) is 1.43. The van der Waals surface area contributed by atoms with Crippen molar-refractivity contribution in [1.82, 2.24) is 5.32 Å². The van der Waals surface area contributed by atoms with Crippen LogP contribution >= 0.6 is 0 Å². The minimum absolute atomic E-state index is 0.550. The molecule has 0 fully saturated rings. The molecule has 0 aromatic carbocycles. The van der Waals surface area contributed by atoms with Gasteiger partial charge in [-0.25, -0.2) is 0 Å². The van der Waals surface area contributed by atoms with Gasteiger partial charge in [-0.2, -0.15) is 0 Å². The van der Waals surface area contributed by atoms with E-state index in [-0.39, 0.29) is 0 Å². The first-order valence-corrected chi connectivity index (χ1v) is 3.89. The lowest BCUT2D eigenvalue weighted by molar-refractivity contribution is 0.699. The molecule has 0 unspecified atom stereocenters. The van der Waals surface area contributed by atoms with Crippen molar-refractivity contribution in [3.63, 3.8) is 0 Å². The summed E-state index contributed by atoms with van der Waals surface area (Å²) in [5.74, 6) is 0.550. The molecule has 0 amide bonds. The van der Waals surface area contributed by atoms with Crippen LogP contribution in [-0.2, 0) is 0 Å². The summed E-state index contributed by atoms with van der Waals surface area (Å²) in [6, 6.07) is 0. The highest BCUT2D eigenvalue weighted by molar-refractivity contribution is 5.15. The first-order valence-electron chi connectivity index (χ1n) is 3.89. The van der Waals surface area contributed by atoms with Gasteiger partial charge >= 0.3 is 0 Å². The topological polar surface area (TPSA) is 12.0 Å². The lowest BCUT2D eigenvalue weighted by Crippen LogP contribution is -2.10. The minimum atomic E-state index is 0.550. The number of hydrogen-bond acceptors (Lipinski definition) is 1. The van der Waals surface area contributed by atoms with E-state index in [1.165, 1.54) is 5.70 Å². The maximum atomic E-state index is 3.59. The Morgan fingerprint density at radius 3 is 2.36 bits per heavy atom. The Labute approximate surface area is 69.5 Å². The largest absolute Gasteiger partial charge is 0.391 e. The van der Waals surface area contributed by atoms with Crippen molar-refractivity contribution in [2.24, 2.45) is 5.92 Å². The van der Waals surface area contributed by atoms with Crippen LogP contribution in [0.2, 0.25) is 0 Å². The Morgan fingerprint density at radius 2 is 2.00 bits per heavy atom. The second kappa shape index (κ2) is 5.78. The van der Waals surface area contributed by atoms with Crippen LogP contribution in [0, 0.1) is 5.92 Å². The molecule has 0 aromatic rings. The number of allylic oxidation sites excluding steroid dienone is 5. The molecule has 0 spiro atoms. The van der Waals surface area contributed by atoms with E-state index in [0.717, 1.165) is 0 Å². The minimum Gasteiger partial charge on any atom is -0.391 e. The van der Waals surface area contributed by atoms with E-state index in [0.29, 0.717) is 5.92 Å². The fourth-order valence-corrected chi connectivity index (χ4v) is 0.802. The molecule has 0 bridgehead atoms. The van der Waals surface area contributed by atoms with Gasteiger partial charge in [0.2, 0.25) is 0 Å². The van der Waals surface area contributed by atoms with Crippen molar-refractivity contribution < 1.29 is 0 Å². The number of rotatable bonds is 4. The Kier molecular flexibility index (Phi) is 5.26. The van der Waals surface area contributed by atoms with Gasteiger partial charge in [0.25, 0.3) is 0 Å². The van der Waals surface area contributed by atoms with Crippen molar-refractivity contribution >= 4 is 0 Å². The maximum absolute atomic E-state index is 3.59. The van der Waals surface area contributed by atoms with Gasteiger partial charge < -0.3 is 5.32 Å². The van der Waals surface area contributed by atoms with Crippen LogP contribution in [-0.4, -0.2) is 7.05 Å². The molecule has 1 N–H and O–H groups in total. The summed E-state index contributed by atoms with van der Waals surface area (Å²) in [5, 5.41) is 3.14. The molecule has 11 heavy (non-hydrogen) atoms. The van der Waals surface area contributed by atoms with Gasteiger partial charge in [-0.05, 0) is 12.0 Å². The van der Waals surface area contributed by atoms with Crippen LogP contribution in [0.3, 0.4) is 0 Å². The Balaban J connectivity index is 4.11. The third-order valence-electron chi connectivity index (χ3n) is 1.43. The van der Waals surface area contributed by atoms with Gasteiger partial charge in [0.15, 0.2) is 0 Å². The van der Waals surface area contributed by atoms with E-state index in [1.807, 2.05) is 19.2 Å². The highest BCUT2D eigenvalue weighted by atomic mass is 14.8. The predicted molar refractivity (Wildman–Crippen MR) is 51.3 cm³/mol. The highest BCUT2D eigenvalue weighted by Crippen LogP contribution is 2.04. The van der Waals surface area contributed by atoms with E-state index < -0.39 is 0 Å². The number of nitrogens with one attached hydrogen (secondary N) is 1. The van der Waals surface area contributed by atoms with Gasteiger partial charge in [-0.15, -0.1) is 0 Å². The molecular formula is C10H17N. The summed E-state index contributed by atoms with van der Waals surface area (Å²) < 4.78 is 0. The molecule has 0 atom stereocenters. The quantitative estimate of drug-likeness (QED) is 0.609. The summed E-state index contributed by atoms with van der Waals surface area (Å²) in [5.41, 5.74) is 1.24. The predicted octanol–water partition coefficient (Wildman–Crippen LogP) is 2.49. The summed E-state index contributed by atoms with van der Waals surface area (Å²) in [7, 11) is 1.94. The zero-order valence-electron chi connectivity index (χ0n) is 7.59. The average molecular weight is 151 g/mol. The normalized spacial score (nSPS) is 12.5. The fraction of sp³-hybridized carbons (Fsp3) is 0.400. The van der Waals surface area contributed by atoms with E-state index in [1.54, 1.807) is 6.08 Å². The summed E-state index contributed by atoms with van der Waals surface area (Å²) in [4.78, 5) is 0. The molecule has 0 aromatic heterocycles. The SMILES string of the molecule is C=C/C=C\C=C(/NC)C(C)C. The molecule has 0 saturated heterocycles. The molecule has 0 heterocycles. The maximum Gasteiger partial charge on any atom is 0.0130 e. The molecular weight excluding hydrogens is 134 g/mol. The smallest absolute Gasteiger partial charge is 0.0130 e. The second-order valence-electron chi connectivity index (χ2n) is 2.65. The molecule has 1 heteroatoms. The van der Waals surface area contributed by atoms with Crippen LogP contribution in [0.5, 0.6) is 0 Å². The second-order valence-corrected chi connectivity index (χ2v) is 2.65. The van der Waals surface area contributed by atoms with Crippen LogP contribution in [0.1, 0.15) is 13.8 Å². The molecule has 0 aliphatic heterocycles. The highest BCUT2D eigenvalue weighted by Gasteiger charge is 1.96. The molecule has 0 rings (SSSR count). The molecule has 0 saturated carbocycles. The first-order chi connectivity index (χ1) is 5.22. The zero-order valence-corrected chi connectivity index (χ0v) is 7.59. The van der Waals surface area contributed by atoms with E-state index in [2.05, 4.69) is 31.8 Å². The fourth-order valence-electron chi connectivity index (χ4n) is 0.802. The van der Waals surface area contributed by atoms with E-state index in [4.69, 9.17) is 0 Å². The van der Waals surface area contributed by atoms with Crippen LogP contribution in [0.15, 0.2) is 36.6 Å². The average Bonchev–Trinajstić information content (AvgIpc) is 1.97. The molecule has 0 aliphatic rings. The molecule has 0 aliphatic carbocycles. The van der Waals surface area contributed by atoms with Crippen molar-refractivity contribution in [3.8, 4) is 0 Å². The lowest BCUT2D eigenvalue weighted by atomic mass is 10.1. The van der Waals surface area contributed by atoms with Crippen molar-refractivity contribution in [1.29, 1.82) is 0 Å². The third kappa shape index (κ3) is 4.43. The van der Waals surface area contributed by atoms with Crippen molar-refractivity contribution in [3.05, 3.63) is 36.6 Å². The van der Waals surface area contributed by atoms with Gasteiger partial charge in [-0.3, -0.25) is 0 Å². The van der Waals surface area contributed by atoms with Crippen molar-refractivity contribution in [2.45, 2.75) is 13.8 Å². The molecule has 62 valence electrons. The summed E-state index contributed by atoms with van der Waals surface area (Å²) in [6.07, 6.45) is 7.73. The van der Waals surface area contributed by atoms with E-state index in [9.17, 15) is 0 Å². The van der Waals surface area contributed by atoms with Gasteiger partial charge in [0.1, 0.15) is 0 Å². The molecule has 1 nitrogen and oxygen atoms in total. The van der Waals surface area contributed by atoms with E-state index >= 15 is 0 Å². The monoisotopic (exact) mass is 151 g/mol.